The van der Waals surface area contributed by atoms with E-state index in [9.17, 15) is 9.59 Å². The van der Waals surface area contributed by atoms with Gasteiger partial charge in [-0.3, -0.25) is 9.59 Å². The predicted octanol–water partition coefficient (Wildman–Crippen LogP) is -0.641. The lowest BCUT2D eigenvalue weighted by Crippen LogP contribution is -2.46. The Balaban J connectivity index is 2.73. The molecule has 0 aromatic carbocycles. The van der Waals surface area contributed by atoms with Crippen LogP contribution >= 0.6 is 0 Å². The normalized spacial score (nSPS) is 22.2. The third-order valence-corrected chi connectivity index (χ3v) is 1.69. The molecule has 0 atom stereocenters. The van der Waals surface area contributed by atoms with Crippen LogP contribution in [0.15, 0.2) is 0 Å². The van der Waals surface area contributed by atoms with Crippen LogP contribution in [-0.2, 0) is 9.59 Å². The summed E-state index contributed by atoms with van der Waals surface area (Å²) in [5.74, 6) is -1.08. The van der Waals surface area contributed by atoms with E-state index in [2.05, 4.69) is 10.6 Å². The molecule has 2 N–H and O–H groups in total. The summed E-state index contributed by atoms with van der Waals surface area (Å²) >= 11 is 0. The molecule has 1 rings (SSSR count). The number of rotatable bonds is 1. The highest BCUT2D eigenvalue weighted by molar-refractivity contribution is 6.37. The molecule has 0 radical (unpaired) electrons. The Hall–Kier alpha value is -1.06. The van der Waals surface area contributed by atoms with Crippen molar-refractivity contribution in [1.29, 1.82) is 0 Å². The molecule has 56 valence electrons. The Kier molecular flexibility index (Phi) is 1.39. The Morgan fingerprint density at radius 2 is 1.70 bits per heavy atom. The van der Waals surface area contributed by atoms with E-state index < -0.39 is 17.5 Å². The summed E-state index contributed by atoms with van der Waals surface area (Å²) in [4.78, 5) is 21.3. The van der Waals surface area contributed by atoms with E-state index in [1.54, 1.807) is 6.92 Å². The van der Waals surface area contributed by atoms with Crippen LogP contribution in [0.1, 0.15) is 20.3 Å². The van der Waals surface area contributed by atoms with Crippen molar-refractivity contribution in [2.45, 2.75) is 25.9 Å². The fraction of sp³-hybridized carbons (Fsp3) is 0.667. The lowest BCUT2D eigenvalue weighted by molar-refractivity contribution is -0.135. The van der Waals surface area contributed by atoms with E-state index >= 15 is 0 Å². The molecule has 10 heavy (non-hydrogen) atoms. The second-order valence-electron chi connectivity index (χ2n) is 2.59. The first-order valence-electron chi connectivity index (χ1n) is 3.22. The molecule has 0 spiro atoms. The van der Waals surface area contributed by atoms with Gasteiger partial charge in [-0.15, -0.1) is 0 Å². The van der Waals surface area contributed by atoms with Crippen molar-refractivity contribution in [2.75, 3.05) is 0 Å². The lowest BCUT2D eigenvalue weighted by Gasteiger charge is -2.20. The topological polar surface area (TPSA) is 58.2 Å². The van der Waals surface area contributed by atoms with Crippen LogP contribution < -0.4 is 10.6 Å². The quantitative estimate of drug-likeness (QED) is 0.478. The molecule has 2 amide bonds. The molecule has 0 aliphatic carbocycles. The van der Waals surface area contributed by atoms with Crippen molar-refractivity contribution < 1.29 is 9.59 Å². The number of carbonyl (C=O) groups excluding carboxylic acids is 2. The third kappa shape index (κ3) is 0.964. The van der Waals surface area contributed by atoms with Gasteiger partial charge in [-0.1, -0.05) is 6.92 Å². The van der Waals surface area contributed by atoms with Crippen LogP contribution in [0.2, 0.25) is 0 Å². The summed E-state index contributed by atoms with van der Waals surface area (Å²) in [7, 11) is 0. The first-order chi connectivity index (χ1) is 4.57. The molecule has 0 aromatic heterocycles. The van der Waals surface area contributed by atoms with Crippen LogP contribution in [-0.4, -0.2) is 17.5 Å². The number of hydrogen-bond acceptors (Lipinski definition) is 2. The van der Waals surface area contributed by atoms with Crippen molar-refractivity contribution >= 4 is 11.8 Å². The maximum absolute atomic E-state index is 10.6. The van der Waals surface area contributed by atoms with Crippen molar-refractivity contribution in [3.8, 4) is 0 Å². The van der Waals surface area contributed by atoms with Crippen LogP contribution in [0.3, 0.4) is 0 Å². The van der Waals surface area contributed by atoms with Crippen LogP contribution in [0, 0.1) is 0 Å². The highest BCUT2D eigenvalue weighted by atomic mass is 16.2. The van der Waals surface area contributed by atoms with E-state index in [-0.39, 0.29) is 0 Å². The van der Waals surface area contributed by atoms with Gasteiger partial charge in [0.15, 0.2) is 0 Å². The van der Waals surface area contributed by atoms with E-state index in [4.69, 9.17) is 0 Å². The van der Waals surface area contributed by atoms with E-state index in [1.165, 1.54) is 0 Å². The lowest BCUT2D eigenvalue weighted by atomic mass is 10.1. The smallest absolute Gasteiger partial charge is 0.311 e. The monoisotopic (exact) mass is 142 g/mol. The zero-order valence-corrected chi connectivity index (χ0v) is 6.02. The third-order valence-electron chi connectivity index (χ3n) is 1.69. The summed E-state index contributed by atoms with van der Waals surface area (Å²) in [5, 5.41) is 5.06. The summed E-state index contributed by atoms with van der Waals surface area (Å²) in [6, 6.07) is 0. The van der Waals surface area contributed by atoms with Gasteiger partial charge in [-0.05, 0) is 13.3 Å². The number of amides is 2. The molecule has 4 nitrogen and oxygen atoms in total. The molecule has 0 saturated carbocycles. The Morgan fingerprint density at radius 1 is 1.30 bits per heavy atom. The molecule has 1 saturated heterocycles. The molecular formula is C6H10N2O2. The number of hydrogen-bond donors (Lipinski definition) is 2. The number of carbonyl (C=O) groups is 2. The van der Waals surface area contributed by atoms with Crippen molar-refractivity contribution in [3.63, 3.8) is 0 Å². The van der Waals surface area contributed by atoms with Crippen LogP contribution in [0.5, 0.6) is 0 Å². The summed E-state index contributed by atoms with van der Waals surface area (Å²) in [6.07, 6.45) is 0.699. The largest absolute Gasteiger partial charge is 0.325 e. The molecule has 0 unspecified atom stereocenters. The van der Waals surface area contributed by atoms with Gasteiger partial charge < -0.3 is 10.6 Å². The van der Waals surface area contributed by atoms with Crippen molar-refractivity contribution in [1.82, 2.24) is 10.6 Å². The van der Waals surface area contributed by atoms with E-state index in [1.807, 2.05) is 6.92 Å². The van der Waals surface area contributed by atoms with Crippen molar-refractivity contribution in [3.05, 3.63) is 0 Å². The minimum Gasteiger partial charge on any atom is -0.325 e. The molecule has 1 aliphatic heterocycles. The van der Waals surface area contributed by atoms with Crippen LogP contribution in [0.4, 0.5) is 0 Å². The summed E-state index contributed by atoms with van der Waals surface area (Å²) in [6.45, 7) is 3.67. The molecule has 1 aliphatic rings. The second kappa shape index (κ2) is 1.97. The zero-order valence-electron chi connectivity index (χ0n) is 6.02. The van der Waals surface area contributed by atoms with Gasteiger partial charge >= 0.3 is 11.8 Å². The van der Waals surface area contributed by atoms with Crippen LogP contribution in [0.25, 0.3) is 0 Å². The van der Waals surface area contributed by atoms with Gasteiger partial charge in [-0.25, -0.2) is 0 Å². The molecule has 1 heterocycles. The van der Waals surface area contributed by atoms with Gasteiger partial charge in [-0.2, -0.15) is 0 Å². The fourth-order valence-corrected chi connectivity index (χ4v) is 0.823. The van der Waals surface area contributed by atoms with Crippen molar-refractivity contribution in [2.24, 2.45) is 0 Å². The number of nitrogens with one attached hydrogen (secondary N) is 2. The van der Waals surface area contributed by atoms with E-state index in [0.717, 1.165) is 0 Å². The van der Waals surface area contributed by atoms with Gasteiger partial charge in [0.25, 0.3) is 0 Å². The minimum atomic E-state index is -0.538. The highest BCUT2D eigenvalue weighted by Gasteiger charge is 2.36. The van der Waals surface area contributed by atoms with Gasteiger partial charge in [0.05, 0.1) is 0 Å². The molecule has 0 aromatic rings. The molecule has 0 bridgehead atoms. The zero-order chi connectivity index (χ0) is 7.78. The van der Waals surface area contributed by atoms with Gasteiger partial charge in [0, 0.05) is 0 Å². The first kappa shape index (κ1) is 7.05. The predicted molar refractivity (Wildman–Crippen MR) is 35.0 cm³/mol. The minimum absolute atomic E-state index is 0.520. The fourth-order valence-electron chi connectivity index (χ4n) is 0.823. The maximum atomic E-state index is 10.6. The molecule has 1 fully saturated rings. The molecular weight excluding hydrogens is 132 g/mol. The summed E-state index contributed by atoms with van der Waals surface area (Å²) in [5.41, 5.74) is -0.520. The standard InChI is InChI=1S/C6H10N2O2/c1-3-6(2)7-4(9)5(10)8-6/h3H2,1-2H3,(H,7,9)(H,8,10). The first-order valence-corrected chi connectivity index (χ1v) is 3.22. The average molecular weight is 142 g/mol. The van der Waals surface area contributed by atoms with Gasteiger partial charge in [0.1, 0.15) is 5.66 Å². The van der Waals surface area contributed by atoms with Gasteiger partial charge in [0.2, 0.25) is 0 Å². The SMILES string of the molecule is CCC1(C)NC(=O)C(=O)N1. The Morgan fingerprint density at radius 3 is 1.90 bits per heavy atom. The summed E-state index contributed by atoms with van der Waals surface area (Å²) < 4.78 is 0. The Labute approximate surface area is 59.0 Å². The average Bonchev–Trinajstić information content (AvgIpc) is 2.10. The second-order valence-corrected chi connectivity index (χ2v) is 2.59. The molecule has 4 heteroatoms. The maximum Gasteiger partial charge on any atom is 0.311 e. The highest BCUT2D eigenvalue weighted by Crippen LogP contribution is 2.08. The Bertz CT molecular complexity index is 172. The van der Waals surface area contributed by atoms with E-state index in [0.29, 0.717) is 6.42 Å².